The SMILES string of the molecule is O=C(CCc1nc(-c2ccccc2)no1)Nc1ccc(Br)cc1Br. The van der Waals surface area contributed by atoms with Crippen molar-refractivity contribution in [3.05, 3.63) is 63.4 Å². The minimum Gasteiger partial charge on any atom is -0.339 e. The van der Waals surface area contributed by atoms with Gasteiger partial charge in [-0.25, -0.2) is 0 Å². The molecule has 0 atom stereocenters. The first kappa shape index (κ1) is 16.9. The molecule has 3 rings (SSSR count). The summed E-state index contributed by atoms with van der Waals surface area (Å²) in [6.45, 7) is 0. The molecule has 2 aromatic carbocycles. The number of hydrogen-bond donors (Lipinski definition) is 1. The summed E-state index contributed by atoms with van der Waals surface area (Å²) in [6, 6.07) is 15.1. The number of nitrogens with zero attached hydrogens (tertiary/aromatic N) is 2. The maximum atomic E-state index is 12.1. The molecular formula is C17H13Br2N3O2. The molecule has 122 valence electrons. The molecule has 1 heterocycles. The van der Waals surface area contributed by atoms with Gasteiger partial charge in [0.2, 0.25) is 17.6 Å². The summed E-state index contributed by atoms with van der Waals surface area (Å²) >= 11 is 6.79. The van der Waals surface area contributed by atoms with Crippen LogP contribution in [-0.4, -0.2) is 16.0 Å². The van der Waals surface area contributed by atoms with Gasteiger partial charge in [0.25, 0.3) is 0 Å². The van der Waals surface area contributed by atoms with E-state index in [-0.39, 0.29) is 12.3 Å². The molecule has 1 N–H and O–H groups in total. The number of halogens is 2. The third-order valence-corrected chi connectivity index (χ3v) is 4.42. The van der Waals surface area contributed by atoms with E-state index in [1.165, 1.54) is 0 Å². The van der Waals surface area contributed by atoms with E-state index in [4.69, 9.17) is 4.52 Å². The fourth-order valence-corrected chi connectivity index (χ4v) is 3.23. The van der Waals surface area contributed by atoms with Crippen LogP contribution >= 0.6 is 31.9 Å². The molecule has 0 fully saturated rings. The molecule has 0 saturated carbocycles. The summed E-state index contributed by atoms with van der Waals surface area (Å²) in [4.78, 5) is 16.4. The van der Waals surface area contributed by atoms with Crippen LogP contribution in [0.1, 0.15) is 12.3 Å². The van der Waals surface area contributed by atoms with Crippen molar-refractivity contribution in [2.45, 2.75) is 12.8 Å². The van der Waals surface area contributed by atoms with Crippen molar-refractivity contribution in [2.24, 2.45) is 0 Å². The second-order valence-electron chi connectivity index (χ2n) is 5.05. The lowest BCUT2D eigenvalue weighted by atomic mass is 10.2. The van der Waals surface area contributed by atoms with Crippen molar-refractivity contribution in [1.82, 2.24) is 10.1 Å². The number of anilines is 1. The normalized spacial score (nSPS) is 10.6. The molecule has 0 aliphatic heterocycles. The fraction of sp³-hybridized carbons (Fsp3) is 0.118. The largest absolute Gasteiger partial charge is 0.339 e. The Hall–Kier alpha value is -1.99. The van der Waals surface area contributed by atoms with Crippen LogP contribution < -0.4 is 5.32 Å². The molecule has 24 heavy (non-hydrogen) atoms. The van der Waals surface area contributed by atoms with Crippen LogP contribution in [0.5, 0.6) is 0 Å². The summed E-state index contributed by atoms with van der Waals surface area (Å²) in [5.74, 6) is 0.859. The first-order chi connectivity index (χ1) is 11.6. The van der Waals surface area contributed by atoms with Crippen LogP contribution in [0.15, 0.2) is 62.0 Å². The molecular weight excluding hydrogens is 438 g/mol. The van der Waals surface area contributed by atoms with Crippen molar-refractivity contribution in [3.63, 3.8) is 0 Å². The third-order valence-electron chi connectivity index (χ3n) is 3.27. The lowest BCUT2D eigenvalue weighted by Crippen LogP contribution is -2.12. The smallest absolute Gasteiger partial charge is 0.227 e. The average Bonchev–Trinajstić information content (AvgIpc) is 3.05. The number of benzene rings is 2. The maximum Gasteiger partial charge on any atom is 0.227 e. The number of carbonyl (C=O) groups excluding carboxylic acids is 1. The molecule has 0 spiro atoms. The number of nitrogens with one attached hydrogen (secondary N) is 1. The van der Waals surface area contributed by atoms with Gasteiger partial charge in [0.05, 0.1) is 5.69 Å². The second kappa shape index (κ2) is 7.72. The van der Waals surface area contributed by atoms with E-state index in [2.05, 4.69) is 47.3 Å². The average molecular weight is 451 g/mol. The van der Waals surface area contributed by atoms with Gasteiger partial charge in [0.15, 0.2) is 0 Å². The predicted molar refractivity (Wildman–Crippen MR) is 98.5 cm³/mol. The van der Waals surface area contributed by atoms with Crippen LogP contribution in [-0.2, 0) is 11.2 Å². The van der Waals surface area contributed by atoms with Gasteiger partial charge in [0.1, 0.15) is 0 Å². The third kappa shape index (κ3) is 4.30. The van der Waals surface area contributed by atoms with Gasteiger partial charge in [0, 0.05) is 27.4 Å². The molecule has 0 unspecified atom stereocenters. The second-order valence-corrected chi connectivity index (χ2v) is 6.82. The van der Waals surface area contributed by atoms with E-state index in [1.54, 1.807) is 0 Å². The number of aromatic nitrogens is 2. The van der Waals surface area contributed by atoms with E-state index in [0.29, 0.717) is 18.1 Å². The molecule has 0 aliphatic carbocycles. The van der Waals surface area contributed by atoms with Crippen LogP contribution in [0.4, 0.5) is 5.69 Å². The van der Waals surface area contributed by atoms with Crippen LogP contribution in [0.2, 0.25) is 0 Å². The summed E-state index contributed by atoms with van der Waals surface area (Å²) in [5, 5.41) is 6.79. The lowest BCUT2D eigenvalue weighted by Gasteiger charge is -2.06. The Morgan fingerprint density at radius 1 is 1.12 bits per heavy atom. The molecule has 3 aromatic rings. The summed E-state index contributed by atoms with van der Waals surface area (Å²) in [7, 11) is 0. The monoisotopic (exact) mass is 449 g/mol. The minimum absolute atomic E-state index is 0.113. The molecule has 5 nitrogen and oxygen atoms in total. The standard InChI is InChI=1S/C17H13Br2N3O2/c18-12-6-7-14(13(19)10-12)20-15(23)8-9-16-21-17(22-24-16)11-4-2-1-3-5-11/h1-7,10H,8-9H2,(H,20,23). The molecule has 7 heteroatoms. The maximum absolute atomic E-state index is 12.1. The Kier molecular flexibility index (Phi) is 5.42. The van der Waals surface area contributed by atoms with Gasteiger partial charge in [-0.15, -0.1) is 0 Å². The summed E-state index contributed by atoms with van der Waals surface area (Å²) in [6.07, 6.45) is 0.652. The number of hydrogen-bond acceptors (Lipinski definition) is 4. The number of carbonyl (C=O) groups is 1. The van der Waals surface area contributed by atoms with Gasteiger partial charge in [-0.3, -0.25) is 4.79 Å². The number of rotatable bonds is 5. The predicted octanol–water partition coefficient (Wildman–Crippen LogP) is 4.83. The van der Waals surface area contributed by atoms with E-state index in [1.807, 2.05) is 48.5 Å². The Labute approximate surface area is 155 Å². The lowest BCUT2D eigenvalue weighted by molar-refractivity contribution is -0.116. The molecule has 1 aromatic heterocycles. The van der Waals surface area contributed by atoms with Crippen molar-refractivity contribution >= 4 is 43.5 Å². The zero-order chi connectivity index (χ0) is 16.9. The van der Waals surface area contributed by atoms with E-state index in [9.17, 15) is 4.79 Å². The molecule has 0 aliphatic rings. The van der Waals surface area contributed by atoms with Crippen molar-refractivity contribution in [2.75, 3.05) is 5.32 Å². The fourth-order valence-electron chi connectivity index (χ4n) is 2.08. The van der Waals surface area contributed by atoms with E-state index < -0.39 is 0 Å². The minimum atomic E-state index is -0.113. The van der Waals surface area contributed by atoms with E-state index >= 15 is 0 Å². The van der Waals surface area contributed by atoms with Gasteiger partial charge < -0.3 is 9.84 Å². The van der Waals surface area contributed by atoms with Crippen molar-refractivity contribution in [1.29, 1.82) is 0 Å². The van der Waals surface area contributed by atoms with Crippen molar-refractivity contribution in [3.8, 4) is 11.4 Å². The van der Waals surface area contributed by atoms with Crippen molar-refractivity contribution < 1.29 is 9.32 Å². The highest BCUT2D eigenvalue weighted by molar-refractivity contribution is 9.11. The molecule has 0 radical (unpaired) electrons. The zero-order valence-corrected chi connectivity index (χ0v) is 15.7. The Bertz CT molecular complexity index is 850. The number of aryl methyl sites for hydroxylation is 1. The Morgan fingerprint density at radius 3 is 2.67 bits per heavy atom. The van der Waals surface area contributed by atoms with Gasteiger partial charge in [-0.1, -0.05) is 51.4 Å². The highest BCUT2D eigenvalue weighted by atomic mass is 79.9. The number of amides is 1. The highest BCUT2D eigenvalue weighted by Gasteiger charge is 2.11. The first-order valence-electron chi connectivity index (χ1n) is 7.25. The van der Waals surface area contributed by atoms with Crippen LogP contribution in [0, 0.1) is 0 Å². The van der Waals surface area contributed by atoms with E-state index in [0.717, 1.165) is 20.2 Å². The molecule has 1 amide bonds. The van der Waals surface area contributed by atoms with Gasteiger partial charge in [-0.05, 0) is 34.1 Å². The molecule has 0 bridgehead atoms. The van der Waals surface area contributed by atoms with Crippen LogP contribution in [0.25, 0.3) is 11.4 Å². The van der Waals surface area contributed by atoms with Gasteiger partial charge in [-0.2, -0.15) is 4.98 Å². The quantitative estimate of drug-likeness (QED) is 0.604. The Balaban J connectivity index is 1.58. The summed E-state index contributed by atoms with van der Waals surface area (Å²) < 4.78 is 6.95. The summed E-state index contributed by atoms with van der Waals surface area (Å²) in [5.41, 5.74) is 1.61. The Morgan fingerprint density at radius 2 is 1.92 bits per heavy atom. The zero-order valence-electron chi connectivity index (χ0n) is 12.5. The highest BCUT2D eigenvalue weighted by Crippen LogP contribution is 2.26. The topological polar surface area (TPSA) is 68.0 Å². The first-order valence-corrected chi connectivity index (χ1v) is 8.83. The van der Waals surface area contributed by atoms with Crippen LogP contribution in [0.3, 0.4) is 0 Å². The van der Waals surface area contributed by atoms with Gasteiger partial charge >= 0.3 is 0 Å². The molecule has 0 saturated heterocycles.